The van der Waals surface area contributed by atoms with E-state index in [2.05, 4.69) is 10.2 Å². The van der Waals surface area contributed by atoms with Crippen LogP contribution in [0.1, 0.15) is 27.3 Å². The summed E-state index contributed by atoms with van der Waals surface area (Å²) in [6.45, 7) is 4.50. The van der Waals surface area contributed by atoms with Crippen LogP contribution in [-0.4, -0.2) is 30.9 Å². The summed E-state index contributed by atoms with van der Waals surface area (Å²) in [4.78, 5) is 12.9. The second-order valence-corrected chi connectivity index (χ2v) is 8.38. The molecular formula is C24H23FN4OS. The quantitative estimate of drug-likeness (QED) is 0.301. The molecule has 4 aromatic rings. The molecule has 2 heterocycles. The number of hydrogen-bond acceptors (Lipinski definition) is 4. The topological polar surface area (TPSA) is 52.7 Å². The lowest BCUT2D eigenvalue weighted by Crippen LogP contribution is -2.08. The molecule has 158 valence electrons. The average Bonchev–Trinajstić information content (AvgIpc) is 3.29. The number of nitrogens with zero attached hydrogens (tertiary/aromatic N) is 4. The van der Waals surface area contributed by atoms with Crippen molar-refractivity contribution in [2.75, 3.05) is 5.75 Å². The number of benzene rings is 2. The Morgan fingerprint density at radius 1 is 1.03 bits per heavy atom. The molecule has 0 unspecified atom stereocenters. The van der Waals surface area contributed by atoms with Gasteiger partial charge in [-0.25, -0.2) is 4.39 Å². The van der Waals surface area contributed by atoms with E-state index >= 15 is 0 Å². The summed E-state index contributed by atoms with van der Waals surface area (Å²) in [6, 6.07) is 18.1. The zero-order valence-electron chi connectivity index (χ0n) is 17.7. The van der Waals surface area contributed by atoms with Crippen LogP contribution in [0, 0.1) is 19.7 Å². The maximum Gasteiger partial charge on any atom is 0.192 e. The first kappa shape index (κ1) is 21.1. The third kappa shape index (κ3) is 4.46. The summed E-state index contributed by atoms with van der Waals surface area (Å²) >= 11 is 1.37. The summed E-state index contributed by atoms with van der Waals surface area (Å²) in [5, 5.41) is 9.35. The predicted molar refractivity (Wildman–Crippen MR) is 121 cm³/mol. The fourth-order valence-electron chi connectivity index (χ4n) is 3.46. The van der Waals surface area contributed by atoms with E-state index in [1.807, 2.05) is 66.4 Å². The normalized spacial score (nSPS) is 11.1. The van der Waals surface area contributed by atoms with Crippen molar-refractivity contribution >= 4 is 17.5 Å². The number of Topliss-reactive ketones (excluding diaryl/α,β-unsaturated/α-hetero) is 1. The number of carbonyl (C=O) groups is 1. The summed E-state index contributed by atoms with van der Waals surface area (Å²) in [5.74, 6) is 0.668. The maximum atomic E-state index is 13.4. The zero-order valence-corrected chi connectivity index (χ0v) is 18.5. The number of aryl methyl sites for hydroxylation is 1. The van der Waals surface area contributed by atoms with Crippen molar-refractivity contribution in [1.29, 1.82) is 0 Å². The summed E-state index contributed by atoms with van der Waals surface area (Å²) in [5.41, 5.74) is 4.61. The molecule has 2 aromatic carbocycles. The Labute approximate surface area is 184 Å². The fourth-order valence-corrected chi connectivity index (χ4v) is 4.28. The Kier molecular flexibility index (Phi) is 6.04. The molecule has 0 spiro atoms. The van der Waals surface area contributed by atoms with Gasteiger partial charge in [-0.3, -0.25) is 9.36 Å². The number of carbonyl (C=O) groups excluding carboxylic acids is 1. The highest BCUT2D eigenvalue weighted by atomic mass is 32.2. The van der Waals surface area contributed by atoms with Crippen LogP contribution in [0.3, 0.4) is 0 Å². The van der Waals surface area contributed by atoms with Crippen LogP contribution < -0.4 is 0 Å². The molecule has 0 aliphatic rings. The largest absolute Gasteiger partial charge is 0.351 e. The number of aromatic nitrogens is 4. The summed E-state index contributed by atoms with van der Waals surface area (Å²) in [7, 11) is 1.96. The zero-order chi connectivity index (χ0) is 22.0. The van der Waals surface area contributed by atoms with Gasteiger partial charge < -0.3 is 4.57 Å². The second kappa shape index (κ2) is 8.89. The molecule has 0 aliphatic carbocycles. The van der Waals surface area contributed by atoms with E-state index < -0.39 is 0 Å². The number of halogens is 1. The Hall–Kier alpha value is -3.19. The Bertz CT molecular complexity index is 1210. The van der Waals surface area contributed by atoms with Gasteiger partial charge >= 0.3 is 0 Å². The smallest absolute Gasteiger partial charge is 0.192 e. The average molecular weight is 435 g/mol. The van der Waals surface area contributed by atoms with E-state index in [1.54, 1.807) is 12.1 Å². The van der Waals surface area contributed by atoms with E-state index in [-0.39, 0.29) is 17.4 Å². The Morgan fingerprint density at radius 2 is 1.74 bits per heavy atom. The maximum absolute atomic E-state index is 13.4. The van der Waals surface area contributed by atoms with E-state index in [9.17, 15) is 9.18 Å². The van der Waals surface area contributed by atoms with Crippen molar-refractivity contribution in [3.8, 4) is 11.4 Å². The SMILES string of the molecule is Cc1cc(C(=O)CSc2nnc(-c3ccc(F)cc3)n2Cc2ccccc2)c(C)n1C. The van der Waals surface area contributed by atoms with Crippen molar-refractivity contribution in [2.45, 2.75) is 25.5 Å². The molecule has 4 rings (SSSR count). The highest BCUT2D eigenvalue weighted by molar-refractivity contribution is 7.99. The van der Waals surface area contributed by atoms with Crippen LogP contribution in [0.2, 0.25) is 0 Å². The van der Waals surface area contributed by atoms with Crippen LogP contribution in [-0.2, 0) is 13.6 Å². The lowest BCUT2D eigenvalue weighted by molar-refractivity contribution is 0.102. The summed E-state index contributed by atoms with van der Waals surface area (Å²) < 4.78 is 17.4. The van der Waals surface area contributed by atoms with Crippen molar-refractivity contribution in [3.05, 3.63) is 89.0 Å². The molecule has 0 atom stereocenters. The Balaban J connectivity index is 1.62. The molecule has 0 amide bonds. The van der Waals surface area contributed by atoms with Gasteiger partial charge in [0.05, 0.1) is 12.3 Å². The van der Waals surface area contributed by atoms with E-state index in [0.29, 0.717) is 17.5 Å². The highest BCUT2D eigenvalue weighted by Crippen LogP contribution is 2.26. The lowest BCUT2D eigenvalue weighted by Gasteiger charge is -2.10. The Morgan fingerprint density at radius 3 is 2.39 bits per heavy atom. The monoisotopic (exact) mass is 434 g/mol. The summed E-state index contributed by atoms with van der Waals surface area (Å²) in [6.07, 6.45) is 0. The van der Waals surface area contributed by atoms with Crippen LogP contribution in [0.4, 0.5) is 4.39 Å². The van der Waals surface area contributed by atoms with Gasteiger partial charge in [-0.15, -0.1) is 10.2 Å². The minimum Gasteiger partial charge on any atom is -0.351 e. The van der Waals surface area contributed by atoms with Crippen LogP contribution >= 0.6 is 11.8 Å². The number of thioether (sulfide) groups is 1. The van der Waals surface area contributed by atoms with E-state index in [1.165, 1.54) is 23.9 Å². The van der Waals surface area contributed by atoms with Gasteiger partial charge in [-0.1, -0.05) is 42.1 Å². The van der Waals surface area contributed by atoms with Crippen LogP contribution in [0.15, 0.2) is 65.8 Å². The molecule has 0 saturated carbocycles. The van der Waals surface area contributed by atoms with Crippen molar-refractivity contribution in [3.63, 3.8) is 0 Å². The van der Waals surface area contributed by atoms with Gasteiger partial charge in [0.2, 0.25) is 0 Å². The number of rotatable bonds is 7. The van der Waals surface area contributed by atoms with Crippen LogP contribution in [0.5, 0.6) is 0 Å². The number of hydrogen-bond donors (Lipinski definition) is 0. The lowest BCUT2D eigenvalue weighted by atomic mass is 10.2. The van der Waals surface area contributed by atoms with Crippen LogP contribution in [0.25, 0.3) is 11.4 Å². The third-order valence-corrected chi connectivity index (χ3v) is 6.38. The minimum atomic E-state index is -0.299. The fraction of sp³-hybridized carbons (Fsp3) is 0.208. The first-order valence-electron chi connectivity index (χ1n) is 9.96. The van der Waals surface area contributed by atoms with E-state index in [4.69, 9.17) is 0 Å². The minimum absolute atomic E-state index is 0.0591. The number of ketones is 1. The second-order valence-electron chi connectivity index (χ2n) is 7.44. The van der Waals surface area contributed by atoms with Crippen molar-refractivity contribution in [2.24, 2.45) is 7.05 Å². The molecule has 0 saturated heterocycles. The molecule has 0 radical (unpaired) electrons. The third-order valence-electron chi connectivity index (χ3n) is 5.41. The van der Waals surface area contributed by atoms with Crippen molar-refractivity contribution < 1.29 is 9.18 Å². The standard InChI is InChI=1S/C24H23FN4OS/c1-16-13-21(17(2)28(16)3)22(30)15-31-24-27-26-23(19-9-11-20(25)12-10-19)29(24)14-18-7-5-4-6-8-18/h4-13H,14-15H2,1-3H3. The van der Waals surface area contributed by atoms with Gasteiger partial charge in [0.15, 0.2) is 16.8 Å². The van der Waals surface area contributed by atoms with Gasteiger partial charge in [0, 0.05) is 29.6 Å². The highest BCUT2D eigenvalue weighted by Gasteiger charge is 2.19. The first-order chi connectivity index (χ1) is 14.9. The molecular weight excluding hydrogens is 411 g/mol. The van der Waals surface area contributed by atoms with Crippen molar-refractivity contribution in [1.82, 2.24) is 19.3 Å². The molecule has 0 N–H and O–H groups in total. The molecule has 31 heavy (non-hydrogen) atoms. The van der Waals surface area contributed by atoms with Gasteiger partial charge in [0.25, 0.3) is 0 Å². The molecule has 2 aromatic heterocycles. The molecule has 5 nitrogen and oxygen atoms in total. The first-order valence-corrected chi connectivity index (χ1v) is 10.9. The molecule has 7 heteroatoms. The van der Waals surface area contributed by atoms with Gasteiger partial charge in [0.1, 0.15) is 5.82 Å². The van der Waals surface area contributed by atoms with E-state index in [0.717, 1.165) is 28.1 Å². The predicted octanol–water partition coefficient (Wildman–Crippen LogP) is 5.06. The molecule has 0 bridgehead atoms. The van der Waals surface area contributed by atoms with Gasteiger partial charge in [-0.2, -0.15) is 0 Å². The van der Waals surface area contributed by atoms with Gasteiger partial charge in [-0.05, 0) is 49.7 Å². The molecule has 0 aliphatic heterocycles. The molecule has 0 fully saturated rings.